The molecule has 2 unspecified atom stereocenters. The topological polar surface area (TPSA) is 41.1 Å². The van der Waals surface area contributed by atoms with E-state index in [9.17, 15) is 4.79 Å². The third kappa shape index (κ3) is 4.93. The molecule has 1 rings (SSSR count). The van der Waals surface area contributed by atoms with Crippen LogP contribution in [0, 0.1) is 3.57 Å². The normalized spacial score (nSPS) is 13.9. The van der Waals surface area contributed by atoms with Crippen molar-refractivity contribution in [1.82, 2.24) is 5.32 Å². The molecular weight excluding hydrogens is 327 g/mol. The zero-order valence-electron chi connectivity index (χ0n) is 10.5. The Morgan fingerprint density at radius 3 is 2.41 bits per heavy atom. The van der Waals surface area contributed by atoms with E-state index in [2.05, 4.69) is 40.1 Å². The molecule has 4 heteroatoms. The second-order valence-electron chi connectivity index (χ2n) is 4.19. The molecular formula is C13H19IN2O. The van der Waals surface area contributed by atoms with Gasteiger partial charge in [0.2, 0.25) is 5.91 Å². The summed E-state index contributed by atoms with van der Waals surface area (Å²) in [5.41, 5.74) is 0.970. The standard InChI is InChI=1S/C13H19IN2O/c1-4-9(2)15-13(17)10(3)16-12-7-5-11(14)6-8-12/h5-10,16H,4H2,1-3H3,(H,15,17). The van der Waals surface area contributed by atoms with Crippen LogP contribution in [0.3, 0.4) is 0 Å². The average molecular weight is 346 g/mol. The number of anilines is 1. The average Bonchev–Trinajstić information content (AvgIpc) is 2.31. The fourth-order valence-electron chi connectivity index (χ4n) is 1.33. The van der Waals surface area contributed by atoms with E-state index in [4.69, 9.17) is 0 Å². The van der Waals surface area contributed by atoms with Crippen molar-refractivity contribution >= 4 is 34.2 Å². The Hall–Kier alpha value is -0.780. The largest absolute Gasteiger partial charge is 0.374 e. The van der Waals surface area contributed by atoms with Crippen molar-refractivity contribution in [3.63, 3.8) is 0 Å². The summed E-state index contributed by atoms with van der Waals surface area (Å²) in [6.45, 7) is 5.94. The molecule has 0 spiro atoms. The number of hydrogen-bond donors (Lipinski definition) is 2. The maximum atomic E-state index is 11.8. The van der Waals surface area contributed by atoms with Crippen molar-refractivity contribution < 1.29 is 4.79 Å². The first-order valence-electron chi connectivity index (χ1n) is 5.85. The predicted octanol–water partition coefficient (Wildman–Crippen LogP) is 3.01. The molecule has 0 bridgehead atoms. The third-order valence-electron chi connectivity index (χ3n) is 2.62. The van der Waals surface area contributed by atoms with Gasteiger partial charge in [-0.1, -0.05) is 6.92 Å². The summed E-state index contributed by atoms with van der Waals surface area (Å²) in [5, 5.41) is 6.14. The van der Waals surface area contributed by atoms with Crippen molar-refractivity contribution in [2.75, 3.05) is 5.32 Å². The van der Waals surface area contributed by atoms with Crippen LogP contribution in [0.15, 0.2) is 24.3 Å². The van der Waals surface area contributed by atoms with Gasteiger partial charge in [-0.15, -0.1) is 0 Å². The Labute approximate surface area is 117 Å². The summed E-state index contributed by atoms with van der Waals surface area (Å²) in [5.74, 6) is 0.0397. The Balaban J connectivity index is 2.51. The summed E-state index contributed by atoms with van der Waals surface area (Å²) in [4.78, 5) is 11.8. The molecule has 2 N–H and O–H groups in total. The van der Waals surface area contributed by atoms with Crippen molar-refractivity contribution in [1.29, 1.82) is 0 Å². The molecule has 0 fully saturated rings. The zero-order chi connectivity index (χ0) is 12.8. The van der Waals surface area contributed by atoms with Crippen LogP contribution >= 0.6 is 22.6 Å². The lowest BCUT2D eigenvalue weighted by atomic mass is 10.2. The second-order valence-corrected chi connectivity index (χ2v) is 5.44. The van der Waals surface area contributed by atoms with Gasteiger partial charge in [-0.3, -0.25) is 4.79 Å². The SMILES string of the molecule is CCC(C)NC(=O)C(C)Nc1ccc(I)cc1. The summed E-state index contributed by atoms with van der Waals surface area (Å²) in [6.07, 6.45) is 0.946. The zero-order valence-corrected chi connectivity index (χ0v) is 12.6. The number of benzene rings is 1. The van der Waals surface area contributed by atoms with Gasteiger partial charge in [0, 0.05) is 15.3 Å². The van der Waals surface area contributed by atoms with Gasteiger partial charge in [0.1, 0.15) is 6.04 Å². The van der Waals surface area contributed by atoms with Crippen LogP contribution in [-0.2, 0) is 4.79 Å². The van der Waals surface area contributed by atoms with Gasteiger partial charge in [0.05, 0.1) is 0 Å². The maximum Gasteiger partial charge on any atom is 0.242 e. The molecule has 0 aliphatic rings. The van der Waals surface area contributed by atoms with E-state index in [1.165, 1.54) is 3.57 Å². The molecule has 3 nitrogen and oxygen atoms in total. The van der Waals surface area contributed by atoms with Crippen LogP contribution in [0.1, 0.15) is 27.2 Å². The fourth-order valence-corrected chi connectivity index (χ4v) is 1.69. The number of rotatable bonds is 5. The van der Waals surface area contributed by atoms with Crippen LogP contribution in [0.2, 0.25) is 0 Å². The third-order valence-corrected chi connectivity index (χ3v) is 3.34. The molecule has 0 saturated heterocycles. The van der Waals surface area contributed by atoms with Crippen molar-refractivity contribution in [3.8, 4) is 0 Å². The van der Waals surface area contributed by atoms with Gasteiger partial charge in [-0.2, -0.15) is 0 Å². The molecule has 0 saturated carbocycles. The van der Waals surface area contributed by atoms with Crippen LogP contribution < -0.4 is 10.6 Å². The lowest BCUT2D eigenvalue weighted by Gasteiger charge is -2.18. The Kier molecular flexibility index (Phi) is 5.74. The lowest BCUT2D eigenvalue weighted by molar-refractivity contribution is -0.122. The quantitative estimate of drug-likeness (QED) is 0.805. The van der Waals surface area contributed by atoms with Gasteiger partial charge < -0.3 is 10.6 Å². The Morgan fingerprint density at radius 2 is 1.88 bits per heavy atom. The van der Waals surface area contributed by atoms with Gasteiger partial charge >= 0.3 is 0 Å². The molecule has 94 valence electrons. The molecule has 17 heavy (non-hydrogen) atoms. The summed E-state index contributed by atoms with van der Waals surface area (Å²) < 4.78 is 1.19. The molecule has 0 aliphatic carbocycles. The molecule has 1 aromatic carbocycles. The van der Waals surface area contributed by atoms with Crippen LogP contribution in [-0.4, -0.2) is 18.0 Å². The Bertz CT molecular complexity index is 364. The number of halogens is 1. The number of amides is 1. The minimum atomic E-state index is -0.218. The molecule has 1 amide bonds. The highest BCUT2D eigenvalue weighted by molar-refractivity contribution is 14.1. The van der Waals surface area contributed by atoms with Crippen LogP contribution in [0.5, 0.6) is 0 Å². The van der Waals surface area contributed by atoms with Gasteiger partial charge in [-0.25, -0.2) is 0 Å². The van der Waals surface area contributed by atoms with E-state index in [1.54, 1.807) is 0 Å². The number of hydrogen-bond acceptors (Lipinski definition) is 2. The van der Waals surface area contributed by atoms with E-state index in [0.717, 1.165) is 12.1 Å². The maximum absolute atomic E-state index is 11.8. The van der Waals surface area contributed by atoms with Gasteiger partial charge in [-0.05, 0) is 67.1 Å². The van der Waals surface area contributed by atoms with E-state index in [-0.39, 0.29) is 18.0 Å². The molecule has 0 aliphatic heterocycles. The van der Waals surface area contributed by atoms with E-state index in [0.29, 0.717) is 0 Å². The highest BCUT2D eigenvalue weighted by atomic mass is 127. The number of nitrogens with one attached hydrogen (secondary N) is 2. The van der Waals surface area contributed by atoms with Crippen LogP contribution in [0.25, 0.3) is 0 Å². The van der Waals surface area contributed by atoms with E-state index >= 15 is 0 Å². The van der Waals surface area contributed by atoms with Crippen molar-refractivity contribution in [3.05, 3.63) is 27.8 Å². The van der Waals surface area contributed by atoms with E-state index < -0.39 is 0 Å². The van der Waals surface area contributed by atoms with E-state index in [1.807, 2.05) is 38.1 Å². The first-order valence-corrected chi connectivity index (χ1v) is 6.93. The Morgan fingerprint density at radius 1 is 1.29 bits per heavy atom. The first kappa shape index (κ1) is 14.3. The van der Waals surface area contributed by atoms with Crippen molar-refractivity contribution in [2.24, 2.45) is 0 Å². The highest BCUT2D eigenvalue weighted by Gasteiger charge is 2.13. The van der Waals surface area contributed by atoms with Crippen LogP contribution in [0.4, 0.5) is 5.69 Å². The molecule has 1 aromatic rings. The summed E-state index contributed by atoms with van der Waals surface area (Å²) in [6, 6.07) is 8.00. The minimum Gasteiger partial charge on any atom is -0.374 e. The minimum absolute atomic E-state index is 0.0397. The summed E-state index contributed by atoms with van der Waals surface area (Å²) in [7, 11) is 0. The monoisotopic (exact) mass is 346 g/mol. The lowest BCUT2D eigenvalue weighted by Crippen LogP contribution is -2.41. The second kappa shape index (κ2) is 6.83. The molecule has 0 radical (unpaired) electrons. The van der Waals surface area contributed by atoms with Gasteiger partial charge in [0.15, 0.2) is 0 Å². The number of carbonyl (C=O) groups excluding carboxylic acids is 1. The highest BCUT2D eigenvalue weighted by Crippen LogP contribution is 2.12. The fraction of sp³-hybridized carbons (Fsp3) is 0.462. The van der Waals surface area contributed by atoms with Gasteiger partial charge in [0.25, 0.3) is 0 Å². The molecule has 2 atom stereocenters. The summed E-state index contributed by atoms with van der Waals surface area (Å²) >= 11 is 2.26. The first-order chi connectivity index (χ1) is 8.02. The number of carbonyl (C=O) groups is 1. The molecule has 0 heterocycles. The predicted molar refractivity (Wildman–Crippen MR) is 80.1 cm³/mol. The smallest absolute Gasteiger partial charge is 0.242 e. The van der Waals surface area contributed by atoms with Crippen molar-refractivity contribution in [2.45, 2.75) is 39.3 Å². The molecule has 0 aromatic heterocycles.